The van der Waals surface area contributed by atoms with Gasteiger partial charge in [-0.25, -0.2) is 0 Å². The molecule has 3 nitrogen and oxygen atoms in total. The molecule has 1 aliphatic carbocycles. The number of carbonyl (C=O) groups excluding carboxylic acids is 2. The highest BCUT2D eigenvalue weighted by Crippen LogP contribution is 2.33. The summed E-state index contributed by atoms with van der Waals surface area (Å²) in [6.45, 7) is 7.34. The second-order valence-electron chi connectivity index (χ2n) is 4.50. The van der Waals surface area contributed by atoms with Crippen LogP contribution >= 0.6 is 0 Å². The number of hydrogen-bond acceptors (Lipinski definition) is 3. The summed E-state index contributed by atoms with van der Waals surface area (Å²) in [7, 11) is 0. The summed E-state index contributed by atoms with van der Waals surface area (Å²) in [6, 6.07) is 0. The molecule has 0 spiro atoms. The van der Waals surface area contributed by atoms with Crippen molar-refractivity contribution in [3.05, 3.63) is 12.2 Å². The lowest BCUT2D eigenvalue weighted by atomic mass is 9.74. The summed E-state index contributed by atoms with van der Waals surface area (Å²) in [5.41, 5.74) is -0.122. The summed E-state index contributed by atoms with van der Waals surface area (Å²) in [6.07, 6.45) is 2.92. The topological polar surface area (TPSA) is 43.4 Å². The van der Waals surface area contributed by atoms with Crippen LogP contribution in [0.15, 0.2) is 12.2 Å². The molecule has 0 radical (unpaired) electrons. The normalized spacial score (nSPS) is 26.1. The van der Waals surface area contributed by atoms with E-state index in [-0.39, 0.29) is 12.4 Å². The van der Waals surface area contributed by atoms with Crippen molar-refractivity contribution in [2.75, 3.05) is 6.61 Å². The van der Waals surface area contributed by atoms with Crippen LogP contribution in [0.5, 0.6) is 0 Å². The van der Waals surface area contributed by atoms with E-state index in [2.05, 4.69) is 6.58 Å². The molecule has 0 amide bonds. The van der Waals surface area contributed by atoms with Gasteiger partial charge in [0.2, 0.25) is 0 Å². The molecule has 0 N–H and O–H groups in total. The zero-order valence-corrected chi connectivity index (χ0v) is 9.47. The van der Waals surface area contributed by atoms with E-state index in [1.165, 1.54) is 0 Å². The zero-order valence-electron chi connectivity index (χ0n) is 9.47. The Kier molecular flexibility index (Phi) is 3.66. The second-order valence-corrected chi connectivity index (χ2v) is 4.50. The first-order valence-corrected chi connectivity index (χ1v) is 5.32. The Morgan fingerprint density at radius 2 is 2.20 bits per heavy atom. The van der Waals surface area contributed by atoms with Crippen molar-refractivity contribution >= 4 is 11.8 Å². The average molecular weight is 210 g/mol. The Bertz CT molecular complexity index is 293. The van der Waals surface area contributed by atoms with E-state index in [0.717, 1.165) is 18.4 Å². The van der Waals surface area contributed by atoms with Crippen LogP contribution in [0, 0.1) is 5.41 Å². The largest absolute Gasteiger partial charge is 0.460 e. The third-order valence-electron chi connectivity index (χ3n) is 2.85. The van der Waals surface area contributed by atoms with Gasteiger partial charge >= 0.3 is 5.97 Å². The van der Waals surface area contributed by atoms with Gasteiger partial charge in [-0.3, -0.25) is 9.59 Å². The number of carbonyl (C=O) groups is 2. The Balaban J connectivity index is 2.63. The van der Waals surface area contributed by atoms with E-state index < -0.39 is 11.4 Å². The number of Topliss-reactive ketones (excluding diaryl/α,β-unsaturated/α-hetero) is 1. The second kappa shape index (κ2) is 4.60. The maximum Gasteiger partial charge on any atom is 0.319 e. The molecular formula is C12H18O3. The van der Waals surface area contributed by atoms with E-state index in [1.807, 2.05) is 0 Å². The first-order valence-electron chi connectivity index (χ1n) is 5.32. The predicted molar refractivity (Wildman–Crippen MR) is 57.4 cm³/mol. The number of rotatable bonds is 3. The van der Waals surface area contributed by atoms with Crippen LogP contribution in [-0.4, -0.2) is 18.4 Å². The molecule has 0 bridgehead atoms. The fraction of sp³-hybridized carbons (Fsp3) is 0.667. The van der Waals surface area contributed by atoms with Crippen molar-refractivity contribution in [3.8, 4) is 0 Å². The van der Waals surface area contributed by atoms with E-state index in [9.17, 15) is 9.59 Å². The van der Waals surface area contributed by atoms with Crippen LogP contribution < -0.4 is 0 Å². The predicted octanol–water partition coefficient (Wildman–Crippen LogP) is 2.26. The molecule has 0 heterocycles. The van der Waals surface area contributed by atoms with Gasteiger partial charge in [0.25, 0.3) is 0 Å². The standard InChI is InChI=1S/C12H18O3/c1-9(2)8-15-11(14)12(3)7-5-4-6-10(12)13/h1,4-8H2,2-3H3/t12-/m0/s1. The minimum absolute atomic E-state index is 0.0143. The Morgan fingerprint density at radius 3 is 2.73 bits per heavy atom. The first kappa shape index (κ1) is 12.0. The van der Waals surface area contributed by atoms with Gasteiger partial charge in [-0.2, -0.15) is 0 Å². The molecule has 0 aliphatic heterocycles. The molecule has 1 atom stereocenters. The molecule has 1 rings (SSSR count). The fourth-order valence-corrected chi connectivity index (χ4v) is 1.74. The molecule has 0 saturated heterocycles. The highest BCUT2D eigenvalue weighted by molar-refractivity contribution is 6.03. The Labute approximate surface area is 90.5 Å². The lowest BCUT2D eigenvalue weighted by Gasteiger charge is -2.29. The van der Waals surface area contributed by atoms with Crippen molar-refractivity contribution < 1.29 is 14.3 Å². The maximum absolute atomic E-state index is 11.8. The molecule has 3 heteroatoms. The lowest BCUT2D eigenvalue weighted by molar-refractivity contribution is -0.160. The van der Waals surface area contributed by atoms with Gasteiger partial charge in [-0.05, 0) is 32.3 Å². The quantitative estimate of drug-likeness (QED) is 0.407. The third-order valence-corrected chi connectivity index (χ3v) is 2.85. The van der Waals surface area contributed by atoms with Crippen molar-refractivity contribution in [1.29, 1.82) is 0 Å². The molecule has 0 unspecified atom stereocenters. The molecule has 0 aromatic rings. The van der Waals surface area contributed by atoms with Gasteiger partial charge in [-0.15, -0.1) is 0 Å². The molecule has 0 aromatic heterocycles. The molecule has 1 fully saturated rings. The average Bonchev–Trinajstić information content (AvgIpc) is 2.19. The van der Waals surface area contributed by atoms with Gasteiger partial charge in [-0.1, -0.05) is 13.0 Å². The molecule has 1 aliphatic rings. The molecule has 15 heavy (non-hydrogen) atoms. The summed E-state index contributed by atoms with van der Waals surface area (Å²) >= 11 is 0. The Hall–Kier alpha value is -1.12. The number of ether oxygens (including phenoxy) is 1. The van der Waals surface area contributed by atoms with Gasteiger partial charge in [0.15, 0.2) is 0 Å². The molecule has 0 aromatic carbocycles. The van der Waals surface area contributed by atoms with E-state index >= 15 is 0 Å². The minimum Gasteiger partial charge on any atom is -0.460 e. The lowest BCUT2D eigenvalue weighted by Crippen LogP contribution is -2.40. The van der Waals surface area contributed by atoms with Gasteiger partial charge in [0, 0.05) is 6.42 Å². The highest BCUT2D eigenvalue weighted by Gasteiger charge is 2.43. The van der Waals surface area contributed by atoms with Crippen LogP contribution in [-0.2, 0) is 14.3 Å². The number of hydrogen-bond donors (Lipinski definition) is 0. The first-order chi connectivity index (χ1) is 6.97. The van der Waals surface area contributed by atoms with Gasteiger partial charge in [0.1, 0.15) is 17.8 Å². The van der Waals surface area contributed by atoms with Crippen molar-refractivity contribution in [3.63, 3.8) is 0 Å². The smallest absolute Gasteiger partial charge is 0.319 e. The van der Waals surface area contributed by atoms with Crippen LogP contribution in [0.2, 0.25) is 0 Å². The maximum atomic E-state index is 11.8. The van der Waals surface area contributed by atoms with Gasteiger partial charge in [0.05, 0.1) is 0 Å². The summed E-state index contributed by atoms with van der Waals surface area (Å²) in [5.74, 6) is -0.379. The van der Waals surface area contributed by atoms with Crippen molar-refractivity contribution in [1.82, 2.24) is 0 Å². The van der Waals surface area contributed by atoms with Crippen LogP contribution in [0.3, 0.4) is 0 Å². The SMILES string of the molecule is C=C(C)COC(=O)[C@@]1(C)CCCCC1=O. The van der Waals surface area contributed by atoms with Crippen molar-refractivity contribution in [2.45, 2.75) is 39.5 Å². The highest BCUT2D eigenvalue weighted by atomic mass is 16.5. The van der Waals surface area contributed by atoms with Crippen LogP contribution in [0.4, 0.5) is 0 Å². The number of ketones is 1. The fourth-order valence-electron chi connectivity index (χ4n) is 1.74. The minimum atomic E-state index is -0.909. The Morgan fingerprint density at radius 1 is 1.53 bits per heavy atom. The van der Waals surface area contributed by atoms with E-state index in [0.29, 0.717) is 12.8 Å². The van der Waals surface area contributed by atoms with E-state index in [1.54, 1.807) is 13.8 Å². The zero-order chi connectivity index (χ0) is 11.5. The number of esters is 1. The summed E-state index contributed by atoms with van der Waals surface area (Å²) < 4.78 is 5.06. The van der Waals surface area contributed by atoms with Crippen LogP contribution in [0.1, 0.15) is 39.5 Å². The molecule has 84 valence electrons. The third kappa shape index (κ3) is 2.67. The summed E-state index contributed by atoms with van der Waals surface area (Å²) in [5, 5.41) is 0. The van der Waals surface area contributed by atoms with E-state index in [4.69, 9.17) is 4.74 Å². The summed E-state index contributed by atoms with van der Waals surface area (Å²) in [4.78, 5) is 23.4. The van der Waals surface area contributed by atoms with Crippen molar-refractivity contribution in [2.24, 2.45) is 5.41 Å². The molecular weight excluding hydrogens is 192 g/mol. The van der Waals surface area contributed by atoms with Crippen LogP contribution in [0.25, 0.3) is 0 Å². The van der Waals surface area contributed by atoms with Gasteiger partial charge < -0.3 is 4.74 Å². The molecule has 1 saturated carbocycles. The monoisotopic (exact) mass is 210 g/mol.